The Bertz CT molecular complexity index is 564. The Kier molecular flexibility index (Phi) is 4.25. The van der Waals surface area contributed by atoms with Gasteiger partial charge in [0.05, 0.1) is 18.2 Å². The number of rotatable bonds is 4. The van der Waals surface area contributed by atoms with Gasteiger partial charge in [0.25, 0.3) is 5.91 Å². The van der Waals surface area contributed by atoms with Gasteiger partial charge in [0.1, 0.15) is 5.69 Å². The molecule has 19 heavy (non-hydrogen) atoms. The van der Waals surface area contributed by atoms with Crippen LogP contribution in [0.5, 0.6) is 0 Å². The normalized spacial score (nSPS) is 9.95. The molecule has 0 aliphatic carbocycles. The van der Waals surface area contributed by atoms with E-state index in [4.69, 9.17) is 0 Å². The highest BCUT2D eigenvalue weighted by molar-refractivity contribution is 7.07. The molecule has 1 amide bonds. The molecule has 2 aromatic rings. The number of carbonyl (C=O) groups excluding carboxylic acids is 2. The summed E-state index contributed by atoms with van der Waals surface area (Å²) in [7, 11) is 1.34. The Balaban J connectivity index is 1.93. The van der Waals surface area contributed by atoms with Gasteiger partial charge in [-0.15, -0.1) is 11.3 Å². The van der Waals surface area contributed by atoms with Crippen molar-refractivity contribution in [2.45, 2.75) is 6.54 Å². The summed E-state index contributed by atoms with van der Waals surface area (Å²) in [4.78, 5) is 26.8. The molecule has 5 nitrogen and oxygen atoms in total. The van der Waals surface area contributed by atoms with Gasteiger partial charge in [-0.05, 0) is 17.7 Å². The lowest BCUT2D eigenvalue weighted by atomic mass is 10.1. The first-order chi connectivity index (χ1) is 9.20. The zero-order valence-electron chi connectivity index (χ0n) is 10.3. The molecule has 0 bridgehead atoms. The predicted molar refractivity (Wildman–Crippen MR) is 71.1 cm³/mol. The van der Waals surface area contributed by atoms with Gasteiger partial charge in [0.2, 0.25) is 0 Å². The summed E-state index contributed by atoms with van der Waals surface area (Å²) in [6, 6.07) is 6.87. The van der Waals surface area contributed by atoms with Crippen LogP contribution in [-0.4, -0.2) is 24.0 Å². The van der Waals surface area contributed by atoms with Crippen LogP contribution in [0.25, 0.3) is 0 Å². The molecule has 98 valence electrons. The van der Waals surface area contributed by atoms with Gasteiger partial charge in [-0.2, -0.15) is 0 Å². The lowest BCUT2D eigenvalue weighted by Crippen LogP contribution is -2.23. The Labute approximate surface area is 114 Å². The van der Waals surface area contributed by atoms with Crippen molar-refractivity contribution >= 4 is 23.2 Å². The monoisotopic (exact) mass is 276 g/mol. The Morgan fingerprint density at radius 1 is 1.32 bits per heavy atom. The van der Waals surface area contributed by atoms with E-state index in [1.54, 1.807) is 35.2 Å². The van der Waals surface area contributed by atoms with Crippen molar-refractivity contribution in [3.63, 3.8) is 0 Å². The molecule has 1 aromatic carbocycles. The molecule has 0 saturated carbocycles. The van der Waals surface area contributed by atoms with E-state index in [0.29, 0.717) is 17.8 Å². The first-order valence-corrected chi connectivity index (χ1v) is 6.48. The summed E-state index contributed by atoms with van der Waals surface area (Å²) in [5.74, 6) is -0.587. The van der Waals surface area contributed by atoms with Gasteiger partial charge >= 0.3 is 5.97 Å². The number of nitrogens with zero attached hydrogens (tertiary/aromatic N) is 1. The van der Waals surface area contributed by atoms with Gasteiger partial charge in [0.15, 0.2) is 0 Å². The molecule has 0 aliphatic rings. The second-order valence-corrected chi connectivity index (χ2v) is 4.46. The molecule has 1 aromatic heterocycles. The largest absolute Gasteiger partial charge is 0.465 e. The van der Waals surface area contributed by atoms with Gasteiger partial charge < -0.3 is 10.1 Å². The van der Waals surface area contributed by atoms with Crippen molar-refractivity contribution in [3.05, 3.63) is 52.0 Å². The molecule has 0 spiro atoms. The number of methoxy groups -OCH3 is 1. The Morgan fingerprint density at radius 2 is 2.05 bits per heavy atom. The molecule has 2 rings (SSSR count). The van der Waals surface area contributed by atoms with Crippen LogP contribution in [0, 0.1) is 0 Å². The van der Waals surface area contributed by atoms with Gasteiger partial charge in [-0.25, -0.2) is 9.78 Å². The average molecular weight is 276 g/mol. The minimum Gasteiger partial charge on any atom is -0.465 e. The van der Waals surface area contributed by atoms with E-state index >= 15 is 0 Å². The molecule has 0 aliphatic heterocycles. The number of thiazole rings is 1. The van der Waals surface area contributed by atoms with Crippen molar-refractivity contribution in [2.24, 2.45) is 0 Å². The fourth-order valence-electron chi connectivity index (χ4n) is 1.47. The molecule has 1 N–H and O–H groups in total. The fourth-order valence-corrected chi connectivity index (χ4v) is 2.01. The van der Waals surface area contributed by atoms with Crippen LogP contribution in [-0.2, 0) is 11.3 Å². The minimum atomic E-state index is -0.377. The highest BCUT2D eigenvalue weighted by Crippen LogP contribution is 2.06. The smallest absolute Gasteiger partial charge is 0.337 e. The van der Waals surface area contributed by atoms with E-state index < -0.39 is 0 Å². The maximum Gasteiger partial charge on any atom is 0.337 e. The van der Waals surface area contributed by atoms with Crippen LogP contribution < -0.4 is 5.32 Å². The van der Waals surface area contributed by atoms with Crippen molar-refractivity contribution in [3.8, 4) is 0 Å². The maximum absolute atomic E-state index is 11.7. The number of ether oxygens (including phenoxy) is 1. The number of hydrogen-bond donors (Lipinski definition) is 1. The van der Waals surface area contributed by atoms with E-state index in [1.807, 2.05) is 0 Å². The van der Waals surface area contributed by atoms with Crippen LogP contribution in [0.3, 0.4) is 0 Å². The lowest BCUT2D eigenvalue weighted by Gasteiger charge is -2.04. The first kappa shape index (κ1) is 13.2. The Hall–Kier alpha value is -2.21. The summed E-state index contributed by atoms with van der Waals surface area (Å²) >= 11 is 1.37. The lowest BCUT2D eigenvalue weighted by molar-refractivity contribution is 0.0600. The molecule has 0 fully saturated rings. The minimum absolute atomic E-state index is 0.210. The molecule has 0 unspecified atom stereocenters. The van der Waals surface area contributed by atoms with Crippen molar-refractivity contribution in [1.82, 2.24) is 10.3 Å². The summed E-state index contributed by atoms with van der Waals surface area (Å²) in [5.41, 5.74) is 3.41. The van der Waals surface area contributed by atoms with Crippen molar-refractivity contribution in [1.29, 1.82) is 0 Å². The van der Waals surface area contributed by atoms with Gasteiger partial charge in [0, 0.05) is 11.9 Å². The molecular weight excluding hydrogens is 264 g/mol. The third kappa shape index (κ3) is 3.38. The van der Waals surface area contributed by atoms with E-state index in [9.17, 15) is 9.59 Å². The third-order valence-electron chi connectivity index (χ3n) is 2.49. The second-order valence-electron chi connectivity index (χ2n) is 3.74. The molecule has 1 heterocycles. The Morgan fingerprint density at radius 3 is 2.63 bits per heavy atom. The highest BCUT2D eigenvalue weighted by atomic mass is 32.1. The van der Waals surface area contributed by atoms with Crippen molar-refractivity contribution < 1.29 is 14.3 Å². The fraction of sp³-hybridized carbons (Fsp3) is 0.154. The number of hydrogen-bond acceptors (Lipinski definition) is 5. The van der Waals surface area contributed by atoms with Crippen molar-refractivity contribution in [2.75, 3.05) is 7.11 Å². The van der Waals surface area contributed by atoms with E-state index in [-0.39, 0.29) is 11.9 Å². The topological polar surface area (TPSA) is 68.3 Å². The SMILES string of the molecule is COC(=O)c1ccc(CNC(=O)c2cscn2)cc1. The van der Waals surface area contributed by atoms with Crippen LogP contribution in [0.1, 0.15) is 26.4 Å². The molecule has 0 radical (unpaired) electrons. The number of esters is 1. The maximum atomic E-state index is 11.7. The number of amides is 1. The van der Waals surface area contributed by atoms with Crippen LogP contribution in [0.15, 0.2) is 35.2 Å². The van der Waals surface area contributed by atoms with Crippen LogP contribution >= 0.6 is 11.3 Å². The molecule has 0 saturated heterocycles. The number of carbonyl (C=O) groups is 2. The van der Waals surface area contributed by atoms with Gasteiger partial charge in [-0.1, -0.05) is 12.1 Å². The van der Waals surface area contributed by atoms with Gasteiger partial charge in [-0.3, -0.25) is 4.79 Å². The zero-order valence-corrected chi connectivity index (χ0v) is 11.1. The highest BCUT2D eigenvalue weighted by Gasteiger charge is 2.08. The summed E-state index contributed by atoms with van der Waals surface area (Å²) in [5, 5.41) is 4.44. The molecule has 0 atom stereocenters. The third-order valence-corrected chi connectivity index (χ3v) is 3.08. The molecular formula is C13H12N2O3S. The van der Waals surface area contributed by atoms with E-state index in [0.717, 1.165) is 5.56 Å². The van der Waals surface area contributed by atoms with Crippen LogP contribution in [0.2, 0.25) is 0 Å². The second kappa shape index (κ2) is 6.10. The van der Waals surface area contributed by atoms with Crippen LogP contribution in [0.4, 0.5) is 0 Å². The zero-order chi connectivity index (χ0) is 13.7. The van der Waals surface area contributed by atoms with E-state index in [1.165, 1.54) is 18.4 Å². The first-order valence-electron chi connectivity index (χ1n) is 5.54. The van der Waals surface area contributed by atoms with E-state index in [2.05, 4.69) is 15.0 Å². The average Bonchev–Trinajstić information content (AvgIpc) is 2.98. The predicted octanol–water partition coefficient (Wildman–Crippen LogP) is 1.86. The standard InChI is InChI=1S/C13H12N2O3S/c1-18-13(17)10-4-2-9(3-5-10)6-14-12(16)11-7-19-8-15-11/h2-5,7-8H,6H2,1H3,(H,14,16). The number of benzene rings is 1. The number of aromatic nitrogens is 1. The summed E-state index contributed by atoms with van der Waals surface area (Å²) in [6.07, 6.45) is 0. The quantitative estimate of drug-likeness (QED) is 0.865. The molecule has 6 heteroatoms. The summed E-state index contributed by atoms with van der Waals surface area (Å²) in [6.45, 7) is 0.387. The number of nitrogens with one attached hydrogen (secondary N) is 1. The summed E-state index contributed by atoms with van der Waals surface area (Å²) < 4.78 is 4.61.